The fourth-order valence-corrected chi connectivity index (χ4v) is 2.41. The van der Waals surface area contributed by atoms with Crippen molar-refractivity contribution in [2.45, 2.75) is 26.2 Å². The predicted octanol–water partition coefficient (Wildman–Crippen LogP) is 4.28. The van der Waals surface area contributed by atoms with Gasteiger partial charge in [-0.3, -0.25) is 9.79 Å². The van der Waals surface area contributed by atoms with Crippen LogP contribution in [0.25, 0.3) is 0 Å². The lowest BCUT2D eigenvalue weighted by Gasteiger charge is -2.22. The van der Waals surface area contributed by atoms with E-state index in [2.05, 4.69) is 12.7 Å². The third-order valence-electron chi connectivity index (χ3n) is 2.41. The van der Waals surface area contributed by atoms with Gasteiger partial charge in [0, 0.05) is 0 Å². The molecule has 1 aromatic carbocycles. The summed E-state index contributed by atoms with van der Waals surface area (Å²) in [4.78, 5) is 18.5. The number of rotatable bonds is 6. The highest BCUT2D eigenvalue weighted by molar-refractivity contribution is 7.49. The maximum atomic E-state index is 11.4. The van der Waals surface area contributed by atoms with Crippen molar-refractivity contribution in [3.05, 3.63) is 23.8 Å². The number of phosphoric ester groups is 2. The molecule has 0 aliphatic rings. The first-order chi connectivity index (χ1) is 9.90. The van der Waals surface area contributed by atoms with Gasteiger partial charge in [-0.25, -0.2) is 9.13 Å². The predicted molar refractivity (Wildman–Crippen MR) is 79.9 cm³/mol. The summed E-state index contributed by atoms with van der Waals surface area (Å²) in [6.45, 7) is 5.63. The van der Waals surface area contributed by atoms with Gasteiger partial charge in [0.2, 0.25) is 0 Å². The maximum Gasteiger partial charge on any atom is 0.544 e. The van der Waals surface area contributed by atoms with Crippen LogP contribution in [0.5, 0.6) is 11.5 Å². The van der Waals surface area contributed by atoms with Crippen LogP contribution >= 0.6 is 39.4 Å². The average Bonchev–Trinajstić information content (AvgIpc) is 2.39. The Balaban J connectivity index is 3.32. The number of phosphoric acid groups is 2. The molecular weight excluding hydrogens is 381 g/mol. The van der Waals surface area contributed by atoms with Crippen molar-refractivity contribution in [3.63, 3.8) is 0 Å². The normalized spacial score (nSPS) is 17.4. The lowest BCUT2D eigenvalue weighted by molar-refractivity contribution is 0.279. The number of hydrogen-bond acceptors (Lipinski definition) is 6. The molecule has 126 valence electrons. The third kappa shape index (κ3) is 5.72. The molecule has 2 N–H and O–H groups in total. The highest BCUT2D eigenvalue weighted by Gasteiger charge is 2.30. The number of halogens is 2. The molecule has 0 fully saturated rings. The van der Waals surface area contributed by atoms with E-state index in [0.29, 0.717) is 5.56 Å². The summed E-state index contributed by atoms with van der Waals surface area (Å²) in [5.41, 5.74) is 0.341. The summed E-state index contributed by atoms with van der Waals surface area (Å²) in [5, 5.41) is 0. The van der Waals surface area contributed by atoms with Crippen molar-refractivity contribution in [2.75, 3.05) is 0 Å². The second kappa shape index (κ2) is 7.07. The molecule has 0 aromatic heterocycles. The number of benzene rings is 1. The summed E-state index contributed by atoms with van der Waals surface area (Å²) in [5.74, 6) is -0.704. The topological polar surface area (TPSA) is 112 Å². The van der Waals surface area contributed by atoms with E-state index in [1.54, 1.807) is 6.07 Å². The van der Waals surface area contributed by atoms with Gasteiger partial charge >= 0.3 is 15.6 Å². The molecule has 12 heteroatoms. The molecule has 0 amide bonds. The fraction of sp³-hybridized carbons (Fsp3) is 0.400. The van der Waals surface area contributed by atoms with Crippen molar-refractivity contribution < 1.29 is 36.1 Å². The van der Waals surface area contributed by atoms with Crippen LogP contribution in [-0.2, 0) is 22.7 Å². The van der Waals surface area contributed by atoms with Gasteiger partial charge in [0.15, 0.2) is 11.5 Å². The molecule has 8 nitrogen and oxygen atoms in total. The molecule has 0 aliphatic heterocycles. The molecule has 2 atom stereocenters. The summed E-state index contributed by atoms with van der Waals surface area (Å²) < 4.78 is 39.7. The summed E-state index contributed by atoms with van der Waals surface area (Å²) in [7, 11) is -9.24. The molecule has 0 aliphatic carbocycles. The van der Waals surface area contributed by atoms with Gasteiger partial charge in [0.05, 0.1) is 23.7 Å². The monoisotopic (exact) mass is 394 g/mol. The van der Waals surface area contributed by atoms with Crippen LogP contribution in [0.2, 0.25) is 0 Å². The van der Waals surface area contributed by atoms with Crippen LogP contribution in [0.1, 0.15) is 26.3 Å². The average molecular weight is 395 g/mol. The van der Waals surface area contributed by atoms with E-state index in [4.69, 9.17) is 28.3 Å². The zero-order chi connectivity index (χ0) is 17.2. The highest BCUT2D eigenvalue weighted by Crippen LogP contribution is 2.52. The summed E-state index contributed by atoms with van der Waals surface area (Å²) in [6.07, 6.45) is 0. The van der Waals surface area contributed by atoms with Gasteiger partial charge in [-0.1, -0.05) is 26.8 Å². The Labute approximate surface area is 137 Å². The minimum atomic E-state index is -4.63. The third-order valence-corrected chi connectivity index (χ3v) is 4.66. The Bertz CT molecular complexity index is 630. The second-order valence-corrected chi connectivity index (χ2v) is 8.51. The molecule has 1 aromatic rings. The largest absolute Gasteiger partial charge is 0.544 e. The summed E-state index contributed by atoms with van der Waals surface area (Å²) in [6, 6.07) is 4.16. The SMILES string of the molecule is CC(C)(C)c1ccc(OP(=O)(O)OCl)c(OP(=O)(O)OCl)c1. The van der Waals surface area contributed by atoms with Crippen LogP contribution in [0.15, 0.2) is 18.2 Å². The molecule has 0 saturated carbocycles. The van der Waals surface area contributed by atoms with Gasteiger partial charge in [-0.15, -0.1) is 0 Å². The molecule has 2 unspecified atom stereocenters. The number of hydrogen-bond donors (Lipinski definition) is 2. The maximum absolute atomic E-state index is 11.4. The van der Waals surface area contributed by atoms with Crippen molar-refractivity contribution in [1.29, 1.82) is 0 Å². The molecule has 0 heterocycles. The van der Waals surface area contributed by atoms with Gasteiger partial charge in [0.1, 0.15) is 0 Å². The van der Waals surface area contributed by atoms with Gasteiger partial charge in [0.25, 0.3) is 0 Å². The van der Waals surface area contributed by atoms with Crippen LogP contribution in [0.3, 0.4) is 0 Å². The Morgan fingerprint density at radius 2 is 1.41 bits per heavy atom. The Morgan fingerprint density at radius 3 is 1.82 bits per heavy atom. The molecule has 0 radical (unpaired) electrons. The Hall–Kier alpha value is -0.300. The molecule has 1 rings (SSSR count). The van der Waals surface area contributed by atoms with Crippen LogP contribution in [0.4, 0.5) is 0 Å². The summed E-state index contributed by atoms with van der Waals surface area (Å²) >= 11 is 9.69. The van der Waals surface area contributed by atoms with Crippen molar-refractivity contribution in [2.24, 2.45) is 0 Å². The zero-order valence-corrected chi connectivity index (χ0v) is 15.0. The molecule has 22 heavy (non-hydrogen) atoms. The van der Waals surface area contributed by atoms with E-state index in [0.717, 1.165) is 0 Å². The lowest BCUT2D eigenvalue weighted by Crippen LogP contribution is -2.11. The van der Waals surface area contributed by atoms with Gasteiger partial charge in [-0.2, -0.15) is 8.15 Å². The van der Waals surface area contributed by atoms with E-state index in [-0.39, 0.29) is 16.9 Å². The van der Waals surface area contributed by atoms with Crippen LogP contribution in [0, 0.1) is 0 Å². The quantitative estimate of drug-likeness (QED) is 0.687. The van der Waals surface area contributed by atoms with E-state index >= 15 is 0 Å². The minimum absolute atomic E-state index is 0.343. The smallest absolute Gasteiger partial charge is 0.399 e. The second-order valence-electron chi connectivity index (χ2n) is 5.17. The van der Waals surface area contributed by atoms with E-state index < -0.39 is 15.6 Å². The standard InChI is InChI=1S/C10H14Cl2O8P2/c1-10(2,3)7-4-5-8(17-21(13,14)19-11)9(6-7)18-22(15,16)20-12/h4-6H,1-3H3,(H,13,14)(H,15,16). The fourth-order valence-electron chi connectivity index (χ4n) is 1.40. The first-order valence-electron chi connectivity index (χ1n) is 5.70. The van der Waals surface area contributed by atoms with Crippen LogP contribution < -0.4 is 9.05 Å². The molecular formula is C10H14Cl2O8P2. The van der Waals surface area contributed by atoms with Crippen molar-refractivity contribution >= 4 is 39.4 Å². The first-order valence-corrected chi connectivity index (χ1v) is 9.31. The Morgan fingerprint density at radius 1 is 0.955 bits per heavy atom. The van der Waals surface area contributed by atoms with E-state index in [1.165, 1.54) is 12.1 Å². The van der Waals surface area contributed by atoms with Crippen LogP contribution in [-0.4, -0.2) is 9.79 Å². The molecule has 0 spiro atoms. The van der Waals surface area contributed by atoms with Crippen molar-refractivity contribution in [1.82, 2.24) is 0 Å². The van der Waals surface area contributed by atoms with Gasteiger partial charge < -0.3 is 9.05 Å². The van der Waals surface area contributed by atoms with E-state index in [9.17, 15) is 18.9 Å². The highest BCUT2D eigenvalue weighted by atomic mass is 35.5. The minimum Gasteiger partial charge on any atom is -0.399 e. The zero-order valence-electron chi connectivity index (χ0n) is 11.7. The molecule has 0 bridgehead atoms. The lowest BCUT2D eigenvalue weighted by atomic mass is 9.87. The van der Waals surface area contributed by atoms with Crippen molar-refractivity contribution in [3.8, 4) is 11.5 Å². The Kier molecular flexibility index (Phi) is 6.35. The van der Waals surface area contributed by atoms with Gasteiger partial charge in [-0.05, 0) is 23.1 Å². The first kappa shape index (κ1) is 19.7. The molecule has 0 saturated heterocycles. The van der Waals surface area contributed by atoms with E-state index in [1.807, 2.05) is 20.8 Å².